The zero-order valence-corrected chi connectivity index (χ0v) is 14.4. The molecular formula is C18H22N4O2. The zero-order chi connectivity index (χ0) is 17.7. The number of nitrogens with one attached hydrogen (secondary N) is 2. The lowest BCUT2D eigenvalue weighted by molar-refractivity contribution is 0.102. The molecule has 0 radical (unpaired) electrons. The first-order valence-electron chi connectivity index (χ1n) is 7.65. The maximum absolute atomic E-state index is 12.4. The van der Waals surface area contributed by atoms with Gasteiger partial charge in [0.25, 0.3) is 5.91 Å². The van der Waals surface area contributed by atoms with Gasteiger partial charge in [0, 0.05) is 31.5 Å². The lowest BCUT2D eigenvalue weighted by Gasteiger charge is -2.12. The molecule has 0 saturated heterocycles. The van der Waals surface area contributed by atoms with Gasteiger partial charge in [-0.1, -0.05) is 12.1 Å². The molecule has 3 amide bonds. The number of carbonyl (C=O) groups excluding carboxylic acids is 2. The highest BCUT2D eigenvalue weighted by Gasteiger charge is 2.10. The number of pyridine rings is 1. The molecule has 0 atom stereocenters. The third-order valence-electron chi connectivity index (χ3n) is 3.55. The predicted molar refractivity (Wildman–Crippen MR) is 94.0 cm³/mol. The van der Waals surface area contributed by atoms with E-state index in [1.54, 1.807) is 32.4 Å². The number of urea groups is 1. The summed E-state index contributed by atoms with van der Waals surface area (Å²) in [6.07, 6.45) is 1.56. The fraction of sp³-hybridized carbons (Fsp3) is 0.278. The Balaban J connectivity index is 2.08. The molecule has 0 bridgehead atoms. The molecule has 2 N–H and O–H groups in total. The molecule has 0 saturated carbocycles. The smallest absolute Gasteiger partial charge is 0.317 e. The molecule has 24 heavy (non-hydrogen) atoms. The third-order valence-corrected chi connectivity index (χ3v) is 3.55. The van der Waals surface area contributed by atoms with E-state index in [0.29, 0.717) is 11.3 Å². The Morgan fingerprint density at radius 1 is 1.12 bits per heavy atom. The van der Waals surface area contributed by atoms with E-state index in [4.69, 9.17) is 0 Å². The van der Waals surface area contributed by atoms with Crippen LogP contribution < -0.4 is 10.6 Å². The van der Waals surface area contributed by atoms with Gasteiger partial charge in [-0.3, -0.25) is 9.78 Å². The monoisotopic (exact) mass is 326 g/mol. The second-order valence-electron chi connectivity index (χ2n) is 5.86. The number of nitrogens with zero attached hydrogens (tertiary/aromatic N) is 2. The van der Waals surface area contributed by atoms with Crippen LogP contribution in [0, 0.1) is 13.8 Å². The largest absolute Gasteiger partial charge is 0.332 e. The lowest BCUT2D eigenvalue weighted by Crippen LogP contribution is -2.34. The van der Waals surface area contributed by atoms with Gasteiger partial charge in [-0.2, -0.15) is 0 Å². The van der Waals surface area contributed by atoms with Crippen LogP contribution in [0.4, 0.5) is 10.5 Å². The molecule has 0 unspecified atom stereocenters. The summed E-state index contributed by atoms with van der Waals surface area (Å²) in [5.74, 6) is -0.203. The number of aryl methyl sites for hydroxylation is 2. The molecule has 6 heteroatoms. The van der Waals surface area contributed by atoms with Gasteiger partial charge < -0.3 is 15.5 Å². The average Bonchev–Trinajstić information content (AvgIpc) is 2.56. The molecule has 0 spiro atoms. The van der Waals surface area contributed by atoms with Gasteiger partial charge in [0.05, 0.1) is 12.2 Å². The van der Waals surface area contributed by atoms with Crippen LogP contribution in [0.2, 0.25) is 0 Å². The summed E-state index contributed by atoms with van der Waals surface area (Å²) in [5, 5.41) is 5.64. The van der Waals surface area contributed by atoms with Crippen molar-refractivity contribution >= 4 is 17.6 Å². The highest BCUT2D eigenvalue weighted by Crippen LogP contribution is 2.17. The van der Waals surface area contributed by atoms with Gasteiger partial charge in [-0.15, -0.1) is 0 Å². The molecule has 126 valence electrons. The van der Waals surface area contributed by atoms with Crippen molar-refractivity contribution in [2.24, 2.45) is 0 Å². The highest BCUT2D eigenvalue weighted by molar-refractivity contribution is 6.04. The van der Waals surface area contributed by atoms with Crippen molar-refractivity contribution < 1.29 is 9.59 Å². The number of rotatable bonds is 4. The van der Waals surface area contributed by atoms with E-state index >= 15 is 0 Å². The van der Waals surface area contributed by atoms with Crippen LogP contribution in [0.15, 0.2) is 36.5 Å². The summed E-state index contributed by atoms with van der Waals surface area (Å²) in [6.45, 7) is 4.19. The van der Waals surface area contributed by atoms with Gasteiger partial charge in [0.15, 0.2) is 0 Å². The van der Waals surface area contributed by atoms with Crippen LogP contribution in [0.5, 0.6) is 0 Å². The van der Waals surface area contributed by atoms with Crippen LogP contribution >= 0.6 is 0 Å². The van der Waals surface area contributed by atoms with Crippen LogP contribution in [-0.4, -0.2) is 35.9 Å². The Kier molecular flexibility index (Phi) is 5.52. The Labute approximate surface area is 141 Å². The van der Waals surface area contributed by atoms with Crippen molar-refractivity contribution in [2.75, 3.05) is 19.4 Å². The van der Waals surface area contributed by atoms with E-state index in [-0.39, 0.29) is 18.5 Å². The summed E-state index contributed by atoms with van der Waals surface area (Å²) in [4.78, 5) is 29.6. The quantitative estimate of drug-likeness (QED) is 0.907. The minimum Gasteiger partial charge on any atom is -0.332 e. The van der Waals surface area contributed by atoms with Crippen molar-refractivity contribution in [3.8, 4) is 0 Å². The third kappa shape index (κ3) is 4.55. The Morgan fingerprint density at radius 3 is 2.58 bits per heavy atom. The molecule has 1 aromatic carbocycles. The number of aromatic nitrogens is 1. The summed E-state index contributed by atoms with van der Waals surface area (Å²) < 4.78 is 0. The van der Waals surface area contributed by atoms with E-state index in [0.717, 1.165) is 16.8 Å². The maximum Gasteiger partial charge on any atom is 0.317 e. The van der Waals surface area contributed by atoms with Crippen molar-refractivity contribution in [3.05, 3.63) is 58.9 Å². The first kappa shape index (κ1) is 17.5. The maximum atomic E-state index is 12.4. The molecule has 2 rings (SSSR count). The Morgan fingerprint density at radius 2 is 1.88 bits per heavy atom. The average molecular weight is 326 g/mol. The standard InChI is InChI=1S/C18H22N4O2/c1-12-5-6-13(2)16(9-12)21-17(23)14-7-8-19-15(10-14)11-20-18(24)22(3)4/h5-10H,11H2,1-4H3,(H,20,24)(H,21,23). The number of hydrogen-bond donors (Lipinski definition) is 2. The van der Waals surface area contributed by atoms with Gasteiger partial charge in [0.1, 0.15) is 0 Å². The number of benzene rings is 1. The molecular weight excluding hydrogens is 304 g/mol. The van der Waals surface area contributed by atoms with Crippen LogP contribution in [0.25, 0.3) is 0 Å². The van der Waals surface area contributed by atoms with Gasteiger partial charge >= 0.3 is 6.03 Å². The molecule has 0 aliphatic rings. The first-order chi connectivity index (χ1) is 11.4. The van der Waals surface area contributed by atoms with Gasteiger partial charge in [0.2, 0.25) is 0 Å². The number of carbonyl (C=O) groups is 2. The van der Waals surface area contributed by atoms with E-state index in [2.05, 4.69) is 15.6 Å². The van der Waals surface area contributed by atoms with Crippen LogP contribution in [-0.2, 0) is 6.54 Å². The minimum atomic E-state index is -0.206. The molecule has 1 aromatic heterocycles. The first-order valence-corrected chi connectivity index (χ1v) is 7.65. The Hall–Kier alpha value is -2.89. The van der Waals surface area contributed by atoms with E-state index in [1.807, 2.05) is 32.0 Å². The summed E-state index contributed by atoms with van der Waals surface area (Å²) in [5.41, 5.74) is 4.00. The zero-order valence-electron chi connectivity index (χ0n) is 14.4. The second kappa shape index (κ2) is 7.59. The van der Waals surface area contributed by atoms with Crippen LogP contribution in [0.3, 0.4) is 0 Å². The normalized spacial score (nSPS) is 10.2. The predicted octanol–water partition coefficient (Wildman–Crippen LogP) is 2.72. The van der Waals surface area contributed by atoms with Crippen molar-refractivity contribution in [3.63, 3.8) is 0 Å². The van der Waals surface area contributed by atoms with Crippen LogP contribution in [0.1, 0.15) is 27.2 Å². The van der Waals surface area contributed by atoms with Crippen molar-refractivity contribution in [2.45, 2.75) is 20.4 Å². The molecule has 0 aliphatic carbocycles. The van der Waals surface area contributed by atoms with Crippen molar-refractivity contribution in [1.29, 1.82) is 0 Å². The minimum absolute atomic E-state index is 0.203. The lowest BCUT2D eigenvalue weighted by atomic mass is 10.1. The molecule has 6 nitrogen and oxygen atoms in total. The topological polar surface area (TPSA) is 74.3 Å². The molecule has 0 aliphatic heterocycles. The fourth-order valence-electron chi connectivity index (χ4n) is 2.11. The SMILES string of the molecule is Cc1ccc(C)c(NC(=O)c2ccnc(CNC(=O)N(C)C)c2)c1. The number of amides is 3. The number of hydrogen-bond acceptors (Lipinski definition) is 3. The fourth-order valence-corrected chi connectivity index (χ4v) is 2.11. The summed E-state index contributed by atoms with van der Waals surface area (Å²) >= 11 is 0. The highest BCUT2D eigenvalue weighted by atomic mass is 16.2. The number of anilines is 1. The molecule has 1 heterocycles. The van der Waals surface area contributed by atoms with E-state index in [1.165, 1.54) is 4.90 Å². The van der Waals surface area contributed by atoms with E-state index < -0.39 is 0 Å². The molecule has 0 fully saturated rings. The molecule has 2 aromatic rings. The van der Waals surface area contributed by atoms with Crippen molar-refractivity contribution in [1.82, 2.24) is 15.2 Å². The van der Waals surface area contributed by atoms with Gasteiger partial charge in [-0.05, 0) is 43.2 Å². The second-order valence-corrected chi connectivity index (χ2v) is 5.86. The Bertz CT molecular complexity index is 756. The summed E-state index contributed by atoms with van der Waals surface area (Å²) in [7, 11) is 3.33. The van der Waals surface area contributed by atoms with E-state index in [9.17, 15) is 9.59 Å². The summed E-state index contributed by atoms with van der Waals surface area (Å²) in [6, 6.07) is 9.03. The van der Waals surface area contributed by atoms with Gasteiger partial charge in [-0.25, -0.2) is 4.79 Å².